The summed E-state index contributed by atoms with van der Waals surface area (Å²) in [6.45, 7) is 5.60. The molecule has 0 radical (unpaired) electrons. The van der Waals surface area contributed by atoms with Crippen molar-refractivity contribution in [3.8, 4) is 5.75 Å². The number of hydrogen-bond donors (Lipinski definition) is 1. The number of amides is 1. The van der Waals surface area contributed by atoms with E-state index < -0.39 is 17.7 Å². The van der Waals surface area contributed by atoms with Crippen molar-refractivity contribution in [1.82, 2.24) is 0 Å². The molecule has 2 aliphatic rings. The van der Waals surface area contributed by atoms with Crippen molar-refractivity contribution >= 4 is 34.7 Å². The van der Waals surface area contributed by atoms with Crippen LogP contribution in [0.25, 0.3) is 5.76 Å². The predicted octanol–water partition coefficient (Wildman–Crippen LogP) is 5.50. The Bertz CT molecular complexity index is 1340. The summed E-state index contributed by atoms with van der Waals surface area (Å²) in [4.78, 5) is 27.7. The number of anilines is 1. The number of halogens is 1. The molecule has 0 saturated carbocycles. The minimum atomic E-state index is -0.930. The number of rotatable bonds is 3. The van der Waals surface area contributed by atoms with Crippen molar-refractivity contribution in [2.24, 2.45) is 0 Å². The molecule has 2 aliphatic heterocycles. The van der Waals surface area contributed by atoms with Crippen LogP contribution in [0.4, 0.5) is 5.69 Å². The molecule has 1 fully saturated rings. The van der Waals surface area contributed by atoms with Gasteiger partial charge in [-0.15, -0.1) is 0 Å². The van der Waals surface area contributed by atoms with Gasteiger partial charge < -0.3 is 14.3 Å². The number of aliphatic hydroxyl groups excluding tert-OH is 1. The average molecular weight is 464 g/mol. The summed E-state index contributed by atoms with van der Waals surface area (Å²) in [6, 6.07) is 12.9. The first-order chi connectivity index (χ1) is 15.7. The Labute approximate surface area is 196 Å². The first kappa shape index (κ1) is 21.3. The molecule has 2 atom stereocenters. The molecular weight excluding hydrogens is 442 g/mol. The largest absolute Gasteiger partial charge is 0.507 e. The Morgan fingerprint density at radius 1 is 1.09 bits per heavy atom. The zero-order chi connectivity index (χ0) is 23.4. The number of fused-ring (bicyclic) bond motifs is 1. The number of Topliss-reactive ketones (excluding diaryl/α,β-unsaturated/α-hetero) is 1. The third-order valence-corrected chi connectivity index (χ3v) is 6.49. The number of benzene rings is 2. The minimum Gasteiger partial charge on any atom is -0.507 e. The maximum atomic E-state index is 13.2. The monoisotopic (exact) mass is 463 g/mol. The van der Waals surface area contributed by atoms with Gasteiger partial charge in [-0.2, -0.15) is 0 Å². The van der Waals surface area contributed by atoms with E-state index in [4.69, 9.17) is 20.8 Å². The van der Waals surface area contributed by atoms with Crippen LogP contribution in [-0.4, -0.2) is 22.9 Å². The topological polar surface area (TPSA) is 80.0 Å². The van der Waals surface area contributed by atoms with Gasteiger partial charge >= 0.3 is 0 Å². The molecule has 7 heteroatoms. The summed E-state index contributed by atoms with van der Waals surface area (Å²) in [7, 11) is 0. The summed E-state index contributed by atoms with van der Waals surface area (Å²) in [5, 5.41) is 11.7. The molecule has 6 nitrogen and oxygen atoms in total. The number of aliphatic hydroxyl groups is 1. The van der Waals surface area contributed by atoms with Gasteiger partial charge in [0.25, 0.3) is 11.7 Å². The van der Waals surface area contributed by atoms with E-state index in [1.165, 1.54) is 4.90 Å². The summed E-state index contributed by atoms with van der Waals surface area (Å²) < 4.78 is 11.6. The van der Waals surface area contributed by atoms with Crippen molar-refractivity contribution in [3.05, 3.63) is 87.3 Å². The van der Waals surface area contributed by atoms with Crippen LogP contribution in [0.15, 0.2) is 58.5 Å². The maximum absolute atomic E-state index is 13.2. The number of carbonyl (C=O) groups is 2. The minimum absolute atomic E-state index is 0.0297. The molecule has 1 saturated heterocycles. The Kier molecular flexibility index (Phi) is 5.05. The summed E-state index contributed by atoms with van der Waals surface area (Å²) >= 11 is 6.32. The fourth-order valence-electron chi connectivity index (χ4n) is 4.42. The van der Waals surface area contributed by atoms with Crippen LogP contribution in [0, 0.1) is 13.8 Å². The lowest BCUT2D eigenvalue weighted by molar-refractivity contribution is -0.132. The fourth-order valence-corrected chi connectivity index (χ4v) is 4.60. The Balaban J connectivity index is 1.68. The van der Waals surface area contributed by atoms with E-state index in [-0.39, 0.29) is 17.4 Å². The van der Waals surface area contributed by atoms with Gasteiger partial charge in [0.05, 0.1) is 5.57 Å². The number of nitrogens with zero attached hydrogens (tertiary/aromatic N) is 1. The quantitative estimate of drug-likeness (QED) is 0.315. The van der Waals surface area contributed by atoms with Crippen LogP contribution in [0.1, 0.15) is 41.2 Å². The number of ketones is 1. The second-order valence-corrected chi connectivity index (χ2v) is 8.91. The third-order valence-electron chi connectivity index (χ3n) is 6.08. The third kappa shape index (κ3) is 3.51. The number of carbonyl (C=O) groups excluding carboxylic acids is 2. The first-order valence-electron chi connectivity index (χ1n) is 10.7. The van der Waals surface area contributed by atoms with E-state index >= 15 is 0 Å². The van der Waals surface area contributed by atoms with E-state index in [0.29, 0.717) is 34.2 Å². The Morgan fingerprint density at radius 3 is 2.58 bits per heavy atom. The van der Waals surface area contributed by atoms with Gasteiger partial charge in [0, 0.05) is 22.7 Å². The van der Waals surface area contributed by atoms with Crippen molar-refractivity contribution in [1.29, 1.82) is 0 Å². The highest BCUT2D eigenvalue weighted by molar-refractivity contribution is 6.51. The number of ether oxygens (including phenoxy) is 1. The highest BCUT2D eigenvalue weighted by atomic mass is 35.5. The molecule has 2 aromatic carbocycles. The summed E-state index contributed by atoms with van der Waals surface area (Å²) in [6.07, 6.45) is 0.744. The standard InChI is InChI=1S/C26H22ClNO5/c1-13-4-7-18(12-19(13)27)28-23(21-8-5-14(2)32-21)22(25(30)26(28)31)24(29)16-6-9-20-17(11-16)10-15(3)33-20/h4-9,11-12,15,23,29H,10H2,1-3H3/b24-22-. The van der Waals surface area contributed by atoms with E-state index in [9.17, 15) is 14.7 Å². The van der Waals surface area contributed by atoms with Gasteiger partial charge in [0.15, 0.2) is 0 Å². The second-order valence-electron chi connectivity index (χ2n) is 8.51. The van der Waals surface area contributed by atoms with Gasteiger partial charge in [-0.25, -0.2) is 0 Å². The Hall–Kier alpha value is -3.51. The van der Waals surface area contributed by atoms with E-state index in [1.54, 1.807) is 55.5 Å². The first-order valence-corrected chi connectivity index (χ1v) is 11.1. The van der Waals surface area contributed by atoms with Crippen LogP contribution < -0.4 is 9.64 Å². The Morgan fingerprint density at radius 2 is 1.88 bits per heavy atom. The lowest BCUT2D eigenvalue weighted by Crippen LogP contribution is -2.29. The zero-order valence-electron chi connectivity index (χ0n) is 18.4. The van der Waals surface area contributed by atoms with Crippen molar-refractivity contribution in [3.63, 3.8) is 0 Å². The van der Waals surface area contributed by atoms with Gasteiger partial charge in [-0.3, -0.25) is 14.5 Å². The van der Waals surface area contributed by atoms with Gasteiger partial charge in [0.1, 0.15) is 35.2 Å². The van der Waals surface area contributed by atoms with E-state index in [0.717, 1.165) is 16.9 Å². The SMILES string of the molecule is Cc1ccc(C2/C(=C(/O)c3ccc4c(c3)CC(C)O4)C(=O)C(=O)N2c2ccc(C)c(Cl)c2)o1. The van der Waals surface area contributed by atoms with Crippen LogP contribution in [0.2, 0.25) is 5.02 Å². The molecule has 3 aromatic rings. The van der Waals surface area contributed by atoms with Gasteiger partial charge in [0.2, 0.25) is 0 Å². The molecule has 0 aliphatic carbocycles. The highest BCUT2D eigenvalue weighted by Gasteiger charge is 2.48. The average Bonchev–Trinajstić information content (AvgIpc) is 3.44. The lowest BCUT2D eigenvalue weighted by Gasteiger charge is -2.24. The molecule has 2 unspecified atom stereocenters. The normalized spacial score (nSPS) is 21.4. The van der Waals surface area contributed by atoms with Crippen molar-refractivity contribution in [2.75, 3.05) is 4.90 Å². The number of furan rings is 1. The molecule has 0 bridgehead atoms. The van der Waals surface area contributed by atoms with E-state index in [2.05, 4.69) is 0 Å². The molecule has 1 N–H and O–H groups in total. The van der Waals surface area contributed by atoms with E-state index in [1.807, 2.05) is 13.8 Å². The molecule has 1 aromatic heterocycles. The number of aryl methyl sites for hydroxylation is 2. The molecule has 0 spiro atoms. The second kappa shape index (κ2) is 7.81. The molecule has 5 rings (SSSR count). The van der Waals surface area contributed by atoms with Gasteiger partial charge in [-0.05, 0) is 74.4 Å². The van der Waals surface area contributed by atoms with Gasteiger partial charge in [-0.1, -0.05) is 17.7 Å². The fraction of sp³-hybridized carbons (Fsp3) is 0.231. The summed E-state index contributed by atoms with van der Waals surface area (Å²) in [5.41, 5.74) is 2.65. The summed E-state index contributed by atoms with van der Waals surface area (Å²) in [5.74, 6) is -0.0336. The van der Waals surface area contributed by atoms with Crippen LogP contribution in [0.5, 0.6) is 5.75 Å². The molecule has 33 heavy (non-hydrogen) atoms. The lowest BCUT2D eigenvalue weighted by atomic mass is 9.97. The molecule has 168 valence electrons. The van der Waals surface area contributed by atoms with Crippen LogP contribution in [-0.2, 0) is 16.0 Å². The van der Waals surface area contributed by atoms with Crippen molar-refractivity contribution in [2.45, 2.75) is 39.3 Å². The predicted molar refractivity (Wildman–Crippen MR) is 125 cm³/mol. The van der Waals surface area contributed by atoms with Crippen molar-refractivity contribution < 1.29 is 23.8 Å². The van der Waals surface area contributed by atoms with Crippen LogP contribution >= 0.6 is 11.6 Å². The number of hydrogen-bond acceptors (Lipinski definition) is 5. The molecule has 1 amide bonds. The maximum Gasteiger partial charge on any atom is 0.300 e. The van der Waals surface area contributed by atoms with Crippen LogP contribution in [0.3, 0.4) is 0 Å². The molecule has 3 heterocycles. The highest BCUT2D eigenvalue weighted by Crippen LogP contribution is 2.44. The smallest absolute Gasteiger partial charge is 0.300 e. The zero-order valence-corrected chi connectivity index (χ0v) is 19.1. The molecular formula is C26H22ClNO5.